The summed E-state index contributed by atoms with van der Waals surface area (Å²) in [4.78, 5) is 2.54. The van der Waals surface area contributed by atoms with Crippen molar-refractivity contribution in [3.05, 3.63) is 42.0 Å². The molecule has 1 atom stereocenters. The zero-order valence-electron chi connectivity index (χ0n) is 14.1. The molecule has 0 saturated carbocycles. The third kappa shape index (κ3) is 4.32. The van der Waals surface area contributed by atoms with Gasteiger partial charge in [-0.2, -0.15) is 0 Å². The van der Waals surface area contributed by atoms with Crippen LogP contribution in [0.1, 0.15) is 24.2 Å². The molecule has 1 aromatic carbocycles. The van der Waals surface area contributed by atoms with E-state index in [1.807, 2.05) is 19.3 Å². The Morgan fingerprint density at radius 2 is 2.09 bits per heavy atom. The Labute approximate surface area is 138 Å². The smallest absolute Gasteiger partial charge is 0.129 e. The zero-order chi connectivity index (χ0) is 16.1. The van der Waals surface area contributed by atoms with Crippen LogP contribution >= 0.6 is 0 Å². The van der Waals surface area contributed by atoms with Gasteiger partial charge in [0.1, 0.15) is 17.9 Å². The van der Waals surface area contributed by atoms with E-state index in [2.05, 4.69) is 44.8 Å². The molecular weight excluding hydrogens is 288 g/mol. The molecule has 1 aromatic heterocycles. The fourth-order valence-corrected chi connectivity index (χ4v) is 3.20. The van der Waals surface area contributed by atoms with E-state index in [1.54, 1.807) is 0 Å². The van der Waals surface area contributed by atoms with Crippen LogP contribution in [-0.4, -0.2) is 45.9 Å². The average Bonchev–Trinajstić information content (AvgIpc) is 2.98. The third-order valence-corrected chi connectivity index (χ3v) is 4.64. The quantitative estimate of drug-likeness (QED) is 0.822. The van der Waals surface area contributed by atoms with E-state index in [0.29, 0.717) is 5.92 Å². The first-order chi connectivity index (χ1) is 11.2. The Hall–Kier alpha value is -1.88. The molecular formula is C18H26N4O. The van der Waals surface area contributed by atoms with Gasteiger partial charge in [0.2, 0.25) is 0 Å². The van der Waals surface area contributed by atoms with E-state index in [-0.39, 0.29) is 0 Å². The fourth-order valence-electron chi connectivity index (χ4n) is 3.20. The van der Waals surface area contributed by atoms with Gasteiger partial charge in [0.25, 0.3) is 0 Å². The first-order valence-electron chi connectivity index (χ1n) is 8.47. The number of nitrogens with zero attached hydrogens (tertiary/aromatic N) is 4. The van der Waals surface area contributed by atoms with Crippen LogP contribution in [0.4, 0.5) is 0 Å². The molecule has 0 radical (unpaired) electrons. The topological polar surface area (TPSA) is 43.2 Å². The number of benzene rings is 1. The summed E-state index contributed by atoms with van der Waals surface area (Å²) in [6.07, 6.45) is 4.33. The lowest BCUT2D eigenvalue weighted by molar-refractivity contribution is 0.126. The maximum absolute atomic E-state index is 6.04. The maximum Gasteiger partial charge on any atom is 0.129 e. The molecule has 0 N–H and O–H groups in total. The molecule has 1 aliphatic rings. The number of aromatic nitrogens is 3. The zero-order valence-corrected chi connectivity index (χ0v) is 14.1. The molecule has 1 unspecified atom stereocenters. The molecule has 1 aliphatic heterocycles. The van der Waals surface area contributed by atoms with Gasteiger partial charge < -0.3 is 14.2 Å². The van der Waals surface area contributed by atoms with Gasteiger partial charge in [0.15, 0.2) is 0 Å². The number of ether oxygens (including phenoxy) is 1. The monoisotopic (exact) mass is 314 g/mol. The first kappa shape index (κ1) is 16.0. The van der Waals surface area contributed by atoms with Gasteiger partial charge in [0, 0.05) is 25.6 Å². The molecule has 23 heavy (non-hydrogen) atoms. The lowest BCUT2D eigenvalue weighted by atomic mass is 9.99. The minimum Gasteiger partial charge on any atom is -0.493 e. The molecule has 0 aliphatic carbocycles. The van der Waals surface area contributed by atoms with Crippen LogP contribution in [0.15, 0.2) is 30.6 Å². The lowest BCUT2D eigenvalue weighted by Crippen LogP contribution is -2.39. The van der Waals surface area contributed by atoms with E-state index in [4.69, 9.17) is 4.74 Å². The summed E-state index contributed by atoms with van der Waals surface area (Å²) in [6, 6.07) is 8.25. The molecule has 1 saturated heterocycles. The van der Waals surface area contributed by atoms with Crippen molar-refractivity contribution in [1.29, 1.82) is 0 Å². The molecule has 0 amide bonds. The number of hydrogen-bond donors (Lipinski definition) is 0. The molecule has 5 heteroatoms. The van der Waals surface area contributed by atoms with Gasteiger partial charge in [-0.05, 0) is 44.9 Å². The van der Waals surface area contributed by atoms with E-state index in [0.717, 1.165) is 37.8 Å². The van der Waals surface area contributed by atoms with E-state index in [1.165, 1.54) is 24.9 Å². The second-order valence-corrected chi connectivity index (χ2v) is 6.46. The van der Waals surface area contributed by atoms with Crippen LogP contribution in [0.5, 0.6) is 5.75 Å². The number of aryl methyl sites for hydroxylation is 2. The largest absolute Gasteiger partial charge is 0.493 e. The molecule has 0 bridgehead atoms. The van der Waals surface area contributed by atoms with Crippen LogP contribution in [0.3, 0.4) is 0 Å². The van der Waals surface area contributed by atoms with Crippen LogP contribution in [0, 0.1) is 19.8 Å². The molecule has 124 valence electrons. The minimum absolute atomic E-state index is 0.616. The highest BCUT2D eigenvalue weighted by Crippen LogP contribution is 2.21. The second-order valence-electron chi connectivity index (χ2n) is 6.46. The number of hydrogen-bond acceptors (Lipinski definition) is 4. The van der Waals surface area contributed by atoms with Crippen molar-refractivity contribution in [3.8, 4) is 5.75 Å². The number of para-hydroxylation sites is 1. The Morgan fingerprint density at radius 1 is 1.22 bits per heavy atom. The normalized spacial score (nSPS) is 19.0. The Bertz CT molecular complexity index is 625. The van der Waals surface area contributed by atoms with E-state index >= 15 is 0 Å². The van der Waals surface area contributed by atoms with E-state index < -0.39 is 0 Å². The predicted molar refractivity (Wildman–Crippen MR) is 90.6 cm³/mol. The fraction of sp³-hybridized carbons (Fsp3) is 0.556. The van der Waals surface area contributed by atoms with Gasteiger partial charge in [-0.1, -0.05) is 18.2 Å². The molecule has 0 spiro atoms. The van der Waals surface area contributed by atoms with Crippen molar-refractivity contribution >= 4 is 0 Å². The van der Waals surface area contributed by atoms with Crippen molar-refractivity contribution in [1.82, 2.24) is 19.7 Å². The van der Waals surface area contributed by atoms with Gasteiger partial charge in [-0.25, -0.2) is 0 Å². The third-order valence-electron chi connectivity index (χ3n) is 4.64. The Morgan fingerprint density at radius 3 is 2.87 bits per heavy atom. The van der Waals surface area contributed by atoms with Crippen molar-refractivity contribution in [2.75, 3.05) is 26.2 Å². The lowest BCUT2D eigenvalue weighted by Gasteiger charge is -2.32. The first-order valence-corrected chi connectivity index (χ1v) is 8.47. The minimum atomic E-state index is 0.616. The van der Waals surface area contributed by atoms with Crippen molar-refractivity contribution in [2.24, 2.45) is 5.92 Å². The van der Waals surface area contributed by atoms with E-state index in [9.17, 15) is 0 Å². The maximum atomic E-state index is 6.04. The van der Waals surface area contributed by atoms with Crippen LogP contribution in [-0.2, 0) is 6.54 Å². The molecule has 2 aromatic rings. The van der Waals surface area contributed by atoms with Gasteiger partial charge >= 0.3 is 0 Å². The summed E-state index contributed by atoms with van der Waals surface area (Å²) in [5.41, 5.74) is 1.21. The van der Waals surface area contributed by atoms with Crippen molar-refractivity contribution < 1.29 is 4.74 Å². The number of likely N-dealkylation sites (tertiary alicyclic amines) is 1. The molecule has 3 rings (SSSR count). The summed E-state index contributed by atoms with van der Waals surface area (Å²) in [6.45, 7) is 9.23. The standard InChI is InChI=1S/C18H26N4O/c1-15-6-3-4-8-18(15)23-13-17-7-5-9-21(12-17)10-11-22-14-19-20-16(22)2/h3-4,6,8,14,17H,5,7,9-13H2,1-2H3. The predicted octanol–water partition coefficient (Wildman–Crippen LogP) is 2.69. The van der Waals surface area contributed by atoms with Crippen LogP contribution in [0.2, 0.25) is 0 Å². The molecule has 1 fully saturated rings. The summed E-state index contributed by atoms with van der Waals surface area (Å²) < 4.78 is 8.16. The van der Waals surface area contributed by atoms with Gasteiger partial charge in [0.05, 0.1) is 6.61 Å². The molecule has 5 nitrogen and oxygen atoms in total. The SMILES string of the molecule is Cc1ccccc1OCC1CCCN(CCn2cnnc2C)C1. The highest BCUT2D eigenvalue weighted by molar-refractivity contribution is 5.31. The summed E-state index contributed by atoms with van der Waals surface area (Å²) in [7, 11) is 0. The number of piperidine rings is 1. The Balaban J connectivity index is 1.46. The summed E-state index contributed by atoms with van der Waals surface area (Å²) in [5.74, 6) is 2.62. The van der Waals surface area contributed by atoms with Gasteiger partial charge in [-0.3, -0.25) is 0 Å². The summed E-state index contributed by atoms with van der Waals surface area (Å²) in [5, 5.41) is 7.99. The van der Waals surface area contributed by atoms with Crippen LogP contribution < -0.4 is 4.74 Å². The highest BCUT2D eigenvalue weighted by atomic mass is 16.5. The summed E-state index contributed by atoms with van der Waals surface area (Å²) >= 11 is 0. The van der Waals surface area contributed by atoms with Crippen molar-refractivity contribution in [2.45, 2.75) is 33.2 Å². The average molecular weight is 314 g/mol. The number of rotatable bonds is 6. The Kier molecular flexibility index (Phi) is 5.28. The second kappa shape index (κ2) is 7.59. The van der Waals surface area contributed by atoms with Gasteiger partial charge in [-0.15, -0.1) is 10.2 Å². The van der Waals surface area contributed by atoms with Crippen LogP contribution in [0.25, 0.3) is 0 Å². The van der Waals surface area contributed by atoms with Crippen molar-refractivity contribution in [3.63, 3.8) is 0 Å². The highest BCUT2D eigenvalue weighted by Gasteiger charge is 2.20. The molecule has 2 heterocycles.